The van der Waals surface area contributed by atoms with Crippen LogP contribution in [0.4, 0.5) is 0 Å². The summed E-state index contributed by atoms with van der Waals surface area (Å²) in [6.07, 6.45) is 7.20. The van der Waals surface area contributed by atoms with Gasteiger partial charge in [0.15, 0.2) is 0 Å². The molecular weight excluding hydrogens is 346 g/mol. The van der Waals surface area contributed by atoms with Gasteiger partial charge >= 0.3 is 0 Å². The summed E-state index contributed by atoms with van der Waals surface area (Å²) in [7, 11) is 2.04. The quantitative estimate of drug-likeness (QED) is 0.575. The van der Waals surface area contributed by atoms with Crippen molar-refractivity contribution in [3.8, 4) is 11.3 Å². The maximum Gasteiger partial charge on any atom is 0.140 e. The average molecular weight is 380 g/mol. The molecule has 0 aliphatic carbocycles. The molecule has 3 rings (SSSR count). The van der Waals surface area contributed by atoms with Gasteiger partial charge in [-0.1, -0.05) is 33.6 Å². The second-order valence-electron chi connectivity index (χ2n) is 7.79. The fourth-order valence-electron chi connectivity index (χ4n) is 4.14. The highest BCUT2D eigenvalue weighted by Gasteiger charge is 2.19. The van der Waals surface area contributed by atoms with E-state index in [9.17, 15) is 5.11 Å². The second-order valence-corrected chi connectivity index (χ2v) is 7.79. The molecule has 0 spiro atoms. The van der Waals surface area contributed by atoms with Crippen LogP contribution in [0.15, 0.2) is 24.4 Å². The number of aliphatic hydroxyl groups excluding tert-OH is 1. The van der Waals surface area contributed by atoms with Crippen LogP contribution in [-0.2, 0) is 19.9 Å². The zero-order valence-corrected chi connectivity index (χ0v) is 17.9. The third-order valence-corrected chi connectivity index (χ3v) is 5.60. The summed E-state index contributed by atoms with van der Waals surface area (Å²) in [5.74, 6) is 0.168. The zero-order chi connectivity index (χ0) is 20.3. The summed E-state index contributed by atoms with van der Waals surface area (Å²) < 4.78 is 2.09. The summed E-state index contributed by atoms with van der Waals surface area (Å²) in [6, 6.07) is 6.57. The van der Waals surface area contributed by atoms with Crippen LogP contribution in [0.25, 0.3) is 22.3 Å². The van der Waals surface area contributed by atoms with Crippen molar-refractivity contribution in [1.29, 1.82) is 0 Å². The van der Waals surface area contributed by atoms with Crippen molar-refractivity contribution in [3.63, 3.8) is 0 Å². The average Bonchev–Trinajstić information content (AvgIpc) is 3.01. The van der Waals surface area contributed by atoms with Gasteiger partial charge in [0.2, 0.25) is 0 Å². The van der Waals surface area contributed by atoms with Crippen molar-refractivity contribution in [2.24, 2.45) is 7.05 Å². The smallest absolute Gasteiger partial charge is 0.140 e. The largest absolute Gasteiger partial charge is 0.396 e. The molecule has 0 aromatic carbocycles. The van der Waals surface area contributed by atoms with E-state index in [1.807, 2.05) is 7.05 Å². The summed E-state index contributed by atoms with van der Waals surface area (Å²) >= 11 is 0. The molecule has 0 aliphatic rings. The van der Waals surface area contributed by atoms with Gasteiger partial charge in [-0.2, -0.15) is 0 Å². The predicted molar refractivity (Wildman–Crippen MR) is 117 cm³/mol. The molecule has 0 unspecified atom stereocenters. The maximum atomic E-state index is 9.88. The van der Waals surface area contributed by atoms with E-state index in [0.29, 0.717) is 0 Å². The predicted octanol–water partition coefficient (Wildman–Crippen LogP) is 5.33. The third kappa shape index (κ3) is 3.83. The van der Waals surface area contributed by atoms with E-state index in [1.54, 1.807) is 0 Å². The van der Waals surface area contributed by atoms with Crippen LogP contribution in [0.1, 0.15) is 68.5 Å². The highest BCUT2D eigenvalue weighted by molar-refractivity contribution is 5.85. The van der Waals surface area contributed by atoms with Crippen LogP contribution < -0.4 is 0 Å². The number of pyridine rings is 2. The monoisotopic (exact) mass is 379 g/mol. The molecule has 0 saturated carbocycles. The number of rotatable bonds is 8. The Morgan fingerprint density at radius 1 is 1.11 bits per heavy atom. The molecule has 0 saturated heterocycles. The first-order chi connectivity index (χ1) is 13.5. The van der Waals surface area contributed by atoms with E-state index in [-0.39, 0.29) is 12.5 Å². The van der Waals surface area contributed by atoms with Crippen molar-refractivity contribution >= 4 is 11.0 Å². The number of hydrogen-bond acceptors (Lipinski definition) is 3. The Balaban J connectivity index is 2.14. The molecule has 3 heterocycles. The van der Waals surface area contributed by atoms with Gasteiger partial charge in [0, 0.05) is 41.5 Å². The summed E-state index contributed by atoms with van der Waals surface area (Å²) in [4.78, 5) is 9.96. The van der Waals surface area contributed by atoms with E-state index in [1.165, 1.54) is 5.56 Å². The van der Waals surface area contributed by atoms with Crippen molar-refractivity contribution < 1.29 is 5.11 Å². The lowest BCUT2D eigenvalue weighted by Crippen LogP contribution is -2.03. The van der Waals surface area contributed by atoms with E-state index in [4.69, 9.17) is 9.97 Å². The molecular formula is C24H33N3O. The number of fused-ring (bicyclic) bond motifs is 1. The van der Waals surface area contributed by atoms with E-state index in [0.717, 1.165) is 71.3 Å². The maximum absolute atomic E-state index is 9.88. The molecule has 3 aromatic heterocycles. The Kier molecular flexibility index (Phi) is 6.50. The molecule has 4 heteroatoms. The van der Waals surface area contributed by atoms with Gasteiger partial charge in [-0.3, -0.25) is 4.98 Å². The lowest BCUT2D eigenvalue weighted by molar-refractivity contribution is 0.259. The first kappa shape index (κ1) is 20.5. The lowest BCUT2D eigenvalue weighted by Gasteiger charge is -2.14. The minimum Gasteiger partial charge on any atom is -0.396 e. The Bertz CT molecular complexity index is 958. The fraction of sp³-hybridized carbons (Fsp3) is 0.500. The van der Waals surface area contributed by atoms with E-state index >= 15 is 0 Å². The normalized spacial score (nSPS) is 12.6. The van der Waals surface area contributed by atoms with Crippen molar-refractivity contribution in [3.05, 3.63) is 46.9 Å². The van der Waals surface area contributed by atoms with Gasteiger partial charge in [-0.15, -0.1) is 0 Å². The topological polar surface area (TPSA) is 50.9 Å². The van der Waals surface area contributed by atoms with E-state index < -0.39 is 0 Å². The molecule has 0 radical (unpaired) electrons. The Morgan fingerprint density at radius 2 is 1.89 bits per heavy atom. The molecule has 3 aromatic rings. The number of hydrogen-bond donors (Lipinski definition) is 1. The molecule has 4 nitrogen and oxygen atoms in total. The number of nitrogens with zero attached hydrogens (tertiary/aromatic N) is 3. The SMILES string of the molecule is CCCc1ccc(-c2nc3c(cc2C)c([C@@H](CO)CCC)cn3C)c(CC)n1. The Morgan fingerprint density at radius 3 is 2.54 bits per heavy atom. The van der Waals surface area contributed by atoms with Gasteiger partial charge in [-0.25, -0.2) is 4.98 Å². The van der Waals surface area contributed by atoms with Gasteiger partial charge in [0.1, 0.15) is 5.65 Å². The Labute approximate surface area is 168 Å². The molecule has 28 heavy (non-hydrogen) atoms. The fourth-order valence-corrected chi connectivity index (χ4v) is 4.14. The highest BCUT2D eigenvalue weighted by Crippen LogP contribution is 2.33. The van der Waals surface area contributed by atoms with Crippen LogP contribution in [0.2, 0.25) is 0 Å². The molecule has 150 valence electrons. The van der Waals surface area contributed by atoms with Gasteiger partial charge in [0.25, 0.3) is 0 Å². The van der Waals surface area contributed by atoms with Gasteiger partial charge in [0.05, 0.1) is 12.3 Å². The molecule has 0 fully saturated rings. The highest BCUT2D eigenvalue weighted by atomic mass is 16.3. The summed E-state index contributed by atoms with van der Waals surface area (Å²) in [5.41, 5.74) is 7.78. The molecule has 1 N–H and O–H groups in total. The minimum atomic E-state index is 0.168. The second kappa shape index (κ2) is 8.87. The molecule has 0 aliphatic heterocycles. The van der Waals surface area contributed by atoms with Crippen molar-refractivity contribution in [2.75, 3.05) is 6.61 Å². The first-order valence-corrected chi connectivity index (χ1v) is 10.6. The lowest BCUT2D eigenvalue weighted by atomic mass is 9.94. The minimum absolute atomic E-state index is 0.168. The number of aryl methyl sites for hydroxylation is 4. The molecule has 0 bridgehead atoms. The standard InChI is InChI=1S/C24H33N3O/c1-6-9-17(15-28)21-14-27(5)24-20(21)13-16(4)23(26-24)19-12-11-18(10-7-2)25-22(19)8-3/h11-14,17,28H,6-10,15H2,1-5H3/t17-/m1/s1. The third-order valence-electron chi connectivity index (χ3n) is 5.60. The first-order valence-electron chi connectivity index (χ1n) is 10.6. The zero-order valence-electron chi connectivity index (χ0n) is 17.9. The van der Waals surface area contributed by atoms with Crippen LogP contribution in [0.3, 0.4) is 0 Å². The summed E-state index contributed by atoms with van der Waals surface area (Å²) in [5, 5.41) is 11.0. The van der Waals surface area contributed by atoms with Gasteiger partial charge in [-0.05, 0) is 55.5 Å². The number of aromatic nitrogens is 3. The van der Waals surface area contributed by atoms with Crippen molar-refractivity contribution in [1.82, 2.24) is 14.5 Å². The van der Waals surface area contributed by atoms with Crippen LogP contribution in [0.5, 0.6) is 0 Å². The van der Waals surface area contributed by atoms with Crippen molar-refractivity contribution in [2.45, 2.75) is 65.7 Å². The van der Waals surface area contributed by atoms with Crippen LogP contribution in [0, 0.1) is 6.92 Å². The summed E-state index contributed by atoms with van der Waals surface area (Å²) in [6.45, 7) is 8.82. The number of aliphatic hydroxyl groups is 1. The molecule has 0 amide bonds. The van der Waals surface area contributed by atoms with E-state index in [2.05, 4.69) is 56.7 Å². The molecule has 1 atom stereocenters. The van der Waals surface area contributed by atoms with Crippen LogP contribution >= 0.6 is 0 Å². The van der Waals surface area contributed by atoms with Gasteiger partial charge < -0.3 is 9.67 Å². The van der Waals surface area contributed by atoms with Crippen LogP contribution in [-0.4, -0.2) is 26.2 Å². The Hall–Kier alpha value is -2.20.